The monoisotopic (exact) mass is 455 g/mol. The Kier molecular flexibility index (Phi) is 7.66. The summed E-state index contributed by atoms with van der Waals surface area (Å²) in [5.74, 6) is -1.32. The van der Waals surface area contributed by atoms with Gasteiger partial charge in [0.15, 0.2) is 0 Å². The predicted molar refractivity (Wildman–Crippen MR) is 105 cm³/mol. The number of rotatable bonds is 9. The van der Waals surface area contributed by atoms with Gasteiger partial charge in [-0.25, -0.2) is 0 Å². The summed E-state index contributed by atoms with van der Waals surface area (Å²) >= 11 is 0. The maximum atomic E-state index is 12.7. The fourth-order valence-corrected chi connectivity index (χ4v) is 2.49. The van der Waals surface area contributed by atoms with Crippen LogP contribution in [-0.4, -0.2) is 41.3 Å². The highest BCUT2D eigenvalue weighted by Gasteiger charge is 2.33. The second-order valence-corrected chi connectivity index (χ2v) is 6.25. The SMILES string of the molecule is O=C(CNC(=O)c1cccc([N+](=O)[O-])c1)NCCNc1ccc(C(F)(F)F)cc1[N+](=O)[O-]. The molecule has 0 heterocycles. The first kappa shape index (κ1) is 24.0. The molecule has 0 saturated carbocycles. The van der Waals surface area contributed by atoms with Crippen molar-refractivity contribution >= 4 is 28.9 Å². The number of alkyl halides is 3. The smallest absolute Gasteiger partial charge is 0.378 e. The van der Waals surface area contributed by atoms with E-state index in [1.165, 1.54) is 18.2 Å². The van der Waals surface area contributed by atoms with E-state index >= 15 is 0 Å². The third kappa shape index (κ3) is 6.65. The fraction of sp³-hybridized carbons (Fsp3) is 0.222. The van der Waals surface area contributed by atoms with Gasteiger partial charge < -0.3 is 16.0 Å². The molecule has 2 rings (SSSR count). The second kappa shape index (κ2) is 10.2. The minimum Gasteiger partial charge on any atom is -0.378 e. The van der Waals surface area contributed by atoms with Crippen molar-refractivity contribution in [2.24, 2.45) is 0 Å². The number of nitrogens with one attached hydrogen (secondary N) is 3. The number of hydrogen-bond donors (Lipinski definition) is 3. The number of non-ortho nitro benzene ring substituents is 1. The van der Waals surface area contributed by atoms with Crippen molar-refractivity contribution in [3.63, 3.8) is 0 Å². The molecule has 3 N–H and O–H groups in total. The van der Waals surface area contributed by atoms with E-state index in [0.717, 1.165) is 12.1 Å². The Morgan fingerprint density at radius 1 is 0.938 bits per heavy atom. The summed E-state index contributed by atoms with van der Waals surface area (Å²) in [4.78, 5) is 43.9. The lowest BCUT2D eigenvalue weighted by Gasteiger charge is -2.11. The van der Waals surface area contributed by atoms with Gasteiger partial charge in [0.25, 0.3) is 17.3 Å². The first-order chi connectivity index (χ1) is 15.0. The zero-order chi connectivity index (χ0) is 23.9. The summed E-state index contributed by atoms with van der Waals surface area (Å²) in [5, 5.41) is 29.0. The number of amides is 2. The summed E-state index contributed by atoms with van der Waals surface area (Å²) in [6.07, 6.45) is -4.73. The average Bonchev–Trinajstić information content (AvgIpc) is 2.74. The van der Waals surface area contributed by atoms with Crippen LogP contribution in [0.25, 0.3) is 0 Å². The van der Waals surface area contributed by atoms with E-state index in [0.29, 0.717) is 12.1 Å². The number of anilines is 1. The van der Waals surface area contributed by atoms with Gasteiger partial charge in [0.1, 0.15) is 5.69 Å². The van der Waals surface area contributed by atoms with Gasteiger partial charge >= 0.3 is 6.18 Å². The molecule has 170 valence electrons. The number of carbonyl (C=O) groups is 2. The standard InChI is InChI=1S/C18H16F3N5O6/c19-18(20,21)12-4-5-14(15(9-12)26(31)32)22-6-7-23-16(27)10-24-17(28)11-2-1-3-13(8-11)25(29)30/h1-5,8-9,22H,6-7,10H2,(H,23,27)(H,24,28). The van der Waals surface area contributed by atoms with Gasteiger partial charge in [-0.3, -0.25) is 29.8 Å². The van der Waals surface area contributed by atoms with Crippen LogP contribution in [0.5, 0.6) is 0 Å². The number of nitrogens with zero attached hydrogens (tertiary/aromatic N) is 2. The van der Waals surface area contributed by atoms with Crippen LogP contribution in [0.2, 0.25) is 0 Å². The summed E-state index contributed by atoms with van der Waals surface area (Å²) < 4.78 is 38.1. The summed E-state index contributed by atoms with van der Waals surface area (Å²) in [5.41, 5.74) is -2.39. The van der Waals surface area contributed by atoms with E-state index < -0.39 is 45.6 Å². The summed E-state index contributed by atoms with van der Waals surface area (Å²) in [7, 11) is 0. The van der Waals surface area contributed by atoms with Crippen LogP contribution < -0.4 is 16.0 Å². The molecular weight excluding hydrogens is 439 g/mol. The van der Waals surface area contributed by atoms with Crippen molar-refractivity contribution in [1.82, 2.24) is 10.6 Å². The molecule has 32 heavy (non-hydrogen) atoms. The lowest BCUT2D eigenvalue weighted by Crippen LogP contribution is -2.38. The third-order valence-electron chi connectivity index (χ3n) is 4.01. The minimum atomic E-state index is -4.73. The van der Waals surface area contributed by atoms with Crippen molar-refractivity contribution < 1.29 is 32.6 Å². The van der Waals surface area contributed by atoms with Crippen LogP contribution in [0.3, 0.4) is 0 Å². The number of hydrogen-bond acceptors (Lipinski definition) is 7. The molecule has 2 aromatic rings. The van der Waals surface area contributed by atoms with Gasteiger partial charge in [0.2, 0.25) is 5.91 Å². The van der Waals surface area contributed by atoms with E-state index in [1.54, 1.807) is 0 Å². The Bertz CT molecular complexity index is 1040. The average molecular weight is 455 g/mol. The van der Waals surface area contributed by atoms with Gasteiger partial charge in [-0.05, 0) is 18.2 Å². The maximum absolute atomic E-state index is 12.7. The fourth-order valence-electron chi connectivity index (χ4n) is 2.49. The van der Waals surface area contributed by atoms with Crippen LogP contribution in [0.1, 0.15) is 15.9 Å². The van der Waals surface area contributed by atoms with Gasteiger partial charge in [0, 0.05) is 36.9 Å². The van der Waals surface area contributed by atoms with Crippen molar-refractivity contribution in [3.8, 4) is 0 Å². The van der Waals surface area contributed by atoms with E-state index in [1.807, 2.05) is 0 Å². The Labute approximate surface area is 177 Å². The number of halogens is 3. The second-order valence-electron chi connectivity index (χ2n) is 6.25. The van der Waals surface area contributed by atoms with Gasteiger partial charge in [0.05, 0.1) is 22.0 Å². The van der Waals surface area contributed by atoms with Crippen LogP contribution in [0, 0.1) is 20.2 Å². The quantitative estimate of drug-likeness (QED) is 0.298. The molecule has 2 amide bonds. The summed E-state index contributed by atoms with van der Waals surface area (Å²) in [6.45, 7) is -0.539. The van der Waals surface area contributed by atoms with Crippen LogP contribution in [0.15, 0.2) is 42.5 Å². The molecule has 2 aromatic carbocycles. The number of benzene rings is 2. The first-order valence-corrected chi connectivity index (χ1v) is 8.88. The van der Waals surface area contributed by atoms with Gasteiger partial charge in [-0.2, -0.15) is 13.2 Å². The van der Waals surface area contributed by atoms with E-state index in [9.17, 15) is 43.0 Å². The molecule has 0 aliphatic heterocycles. The van der Waals surface area contributed by atoms with Crippen molar-refractivity contribution in [2.45, 2.75) is 6.18 Å². The van der Waals surface area contributed by atoms with Crippen molar-refractivity contribution in [2.75, 3.05) is 25.0 Å². The van der Waals surface area contributed by atoms with Crippen LogP contribution >= 0.6 is 0 Å². The lowest BCUT2D eigenvalue weighted by molar-refractivity contribution is -0.384. The van der Waals surface area contributed by atoms with Gasteiger partial charge in [-0.15, -0.1) is 0 Å². The molecule has 0 aliphatic carbocycles. The molecule has 11 nitrogen and oxygen atoms in total. The molecule has 0 bridgehead atoms. The molecule has 14 heteroatoms. The molecule has 0 saturated heterocycles. The molecule has 0 unspecified atom stereocenters. The Hall–Kier alpha value is -4.23. The molecule has 0 aromatic heterocycles. The van der Waals surface area contributed by atoms with Gasteiger partial charge in [-0.1, -0.05) is 6.07 Å². The number of nitro groups is 2. The number of nitro benzene ring substituents is 2. The maximum Gasteiger partial charge on any atom is 0.416 e. The minimum absolute atomic E-state index is 0.0109. The Morgan fingerprint density at radius 2 is 1.66 bits per heavy atom. The van der Waals surface area contributed by atoms with Crippen LogP contribution in [-0.2, 0) is 11.0 Å². The zero-order valence-corrected chi connectivity index (χ0v) is 16.1. The van der Waals surface area contributed by atoms with Crippen molar-refractivity contribution in [1.29, 1.82) is 0 Å². The molecule has 0 spiro atoms. The molecule has 0 atom stereocenters. The predicted octanol–water partition coefficient (Wildman–Crippen LogP) is 2.48. The van der Waals surface area contributed by atoms with E-state index in [2.05, 4.69) is 16.0 Å². The normalized spacial score (nSPS) is 10.8. The lowest BCUT2D eigenvalue weighted by atomic mass is 10.1. The topological polar surface area (TPSA) is 157 Å². The number of carbonyl (C=O) groups excluding carboxylic acids is 2. The highest BCUT2D eigenvalue weighted by atomic mass is 19.4. The zero-order valence-electron chi connectivity index (χ0n) is 16.1. The third-order valence-corrected chi connectivity index (χ3v) is 4.01. The Morgan fingerprint density at radius 3 is 2.28 bits per heavy atom. The molecule has 0 aliphatic rings. The summed E-state index contributed by atoms with van der Waals surface area (Å²) in [6, 6.07) is 6.93. The van der Waals surface area contributed by atoms with E-state index in [-0.39, 0.29) is 30.0 Å². The largest absolute Gasteiger partial charge is 0.416 e. The Balaban J connectivity index is 1.82. The highest BCUT2D eigenvalue weighted by molar-refractivity contribution is 5.96. The van der Waals surface area contributed by atoms with E-state index in [4.69, 9.17) is 0 Å². The highest BCUT2D eigenvalue weighted by Crippen LogP contribution is 2.34. The first-order valence-electron chi connectivity index (χ1n) is 8.88. The molecular formula is C18H16F3N5O6. The molecule has 0 fully saturated rings. The van der Waals surface area contributed by atoms with Crippen molar-refractivity contribution in [3.05, 3.63) is 73.8 Å². The van der Waals surface area contributed by atoms with Crippen LogP contribution in [0.4, 0.5) is 30.2 Å². The molecule has 0 radical (unpaired) electrons.